The van der Waals surface area contributed by atoms with Gasteiger partial charge in [0.25, 0.3) is 0 Å². The molecule has 0 amide bonds. The Kier molecular flexibility index (Phi) is 4.77. The summed E-state index contributed by atoms with van der Waals surface area (Å²) in [5.74, 6) is 2.29. The van der Waals surface area contributed by atoms with Crippen LogP contribution in [0.4, 0.5) is 0 Å². The van der Waals surface area contributed by atoms with Crippen LogP contribution in [0.15, 0.2) is 46.9 Å². The summed E-state index contributed by atoms with van der Waals surface area (Å²) in [6.45, 7) is 5.74. The lowest BCUT2D eigenvalue weighted by Crippen LogP contribution is -2.29. The van der Waals surface area contributed by atoms with Crippen molar-refractivity contribution < 1.29 is 4.42 Å². The molecule has 2 unspecified atom stereocenters. The van der Waals surface area contributed by atoms with Gasteiger partial charge in [0.2, 0.25) is 0 Å². The smallest absolute Gasteiger partial charge is 0.117 e. The van der Waals surface area contributed by atoms with Gasteiger partial charge in [-0.05, 0) is 37.1 Å². The number of nitrogens with one attached hydrogen (secondary N) is 1. The van der Waals surface area contributed by atoms with Gasteiger partial charge < -0.3 is 15.5 Å². The average Bonchev–Trinajstić information content (AvgIpc) is 2.84. The first-order valence-electron chi connectivity index (χ1n) is 6.73. The van der Waals surface area contributed by atoms with Crippen LogP contribution in [0.5, 0.6) is 0 Å². The largest absolute Gasteiger partial charge is 0.465 e. The summed E-state index contributed by atoms with van der Waals surface area (Å²) < 4.78 is 5.52. The predicted octanol–water partition coefficient (Wildman–Crippen LogP) is 3.01. The fourth-order valence-corrected chi connectivity index (χ4v) is 2.13. The van der Waals surface area contributed by atoms with Crippen LogP contribution < -0.4 is 11.1 Å². The summed E-state index contributed by atoms with van der Waals surface area (Å²) in [7, 11) is 0. The Balaban J connectivity index is 1.79. The third kappa shape index (κ3) is 3.94. The number of furan rings is 1. The highest BCUT2D eigenvalue weighted by atomic mass is 16.3. The molecule has 2 aromatic rings. The highest BCUT2D eigenvalue weighted by Gasteiger charge is 2.14. The Morgan fingerprint density at radius 3 is 2.53 bits per heavy atom. The molecule has 0 aliphatic heterocycles. The Morgan fingerprint density at radius 2 is 1.89 bits per heavy atom. The van der Waals surface area contributed by atoms with Crippen LogP contribution in [0.1, 0.15) is 30.0 Å². The van der Waals surface area contributed by atoms with Crippen LogP contribution in [0, 0.1) is 12.8 Å². The molecule has 1 heterocycles. The molecule has 0 aliphatic rings. The van der Waals surface area contributed by atoms with E-state index in [0.29, 0.717) is 5.92 Å². The number of hydrogen-bond acceptors (Lipinski definition) is 3. The van der Waals surface area contributed by atoms with Gasteiger partial charge in [-0.25, -0.2) is 0 Å². The van der Waals surface area contributed by atoms with E-state index in [-0.39, 0.29) is 6.04 Å². The first-order valence-corrected chi connectivity index (χ1v) is 6.73. The molecule has 0 saturated carbocycles. The summed E-state index contributed by atoms with van der Waals surface area (Å²) in [5, 5.41) is 3.39. The maximum Gasteiger partial charge on any atom is 0.117 e. The topological polar surface area (TPSA) is 51.2 Å². The van der Waals surface area contributed by atoms with Crippen LogP contribution in [0.25, 0.3) is 0 Å². The molecular formula is C16H22N2O. The quantitative estimate of drug-likeness (QED) is 0.837. The van der Waals surface area contributed by atoms with Gasteiger partial charge in [0.05, 0.1) is 6.54 Å². The normalized spacial score (nSPS) is 14.3. The SMILES string of the molecule is Cc1ccc(CNCC(C)C(N)c2ccccc2)o1. The average molecular weight is 258 g/mol. The molecule has 3 heteroatoms. The molecule has 1 aromatic heterocycles. The summed E-state index contributed by atoms with van der Waals surface area (Å²) in [6.07, 6.45) is 0. The number of nitrogens with two attached hydrogens (primary N) is 1. The fraction of sp³-hybridized carbons (Fsp3) is 0.375. The first kappa shape index (κ1) is 13.8. The lowest BCUT2D eigenvalue weighted by atomic mass is 9.95. The van der Waals surface area contributed by atoms with E-state index in [0.717, 1.165) is 24.6 Å². The lowest BCUT2D eigenvalue weighted by Gasteiger charge is -2.20. The highest BCUT2D eigenvalue weighted by molar-refractivity contribution is 5.19. The molecule has 102 valence electrons. The van der Waals surface area contributed by atoms with Crippen molar-refractivity contribution in [2.24, 2.45) is 11.7 Å². The molecule has 0 saturated heterocycles. The monoisotopic (exact) mass is 258 g/mol. The zero-order chi connectivity index (χ0) is 13.7. The van der Waals surface area contributed by atoms with Crippen molar-refractivity contribution in [2.75, 3.05) is 6.54 Å². The molecule has 19 heavy (non-hydrogen) atoms. The van der Waals surface area contributed by atoms with Gasteiger partial charge >= 0.3 is 0 Å². The summed E-state index contributed by atoms with van der Waals surface area (Å²) in [5.41, 5.74) is 7.44. The van der Waals surface area contributed by atoms with E-state index < -0.39 is 0 Å². The van der Waals surface area contributed by atoms with Crippen molar-refractivity contribution in [1.29, 1.82) is 0 Å². The van der Waals surface area contributed by atoms with Gasteiger partial charge in [-0.2, -0.15) is 0 Å². The summed E-state index contributed by atoms with van der Waals surface area (Å²) in [4.78, 5) is 0. The predicted molar refractivity (Wildman–Crippen MR) is 77.7 cm³/mol. The maximum absolute atomic E-state index is 6.26. The molecule has 2 atom stereocenters. The summed E-state index contributed by atoms with van der Waals surface area (Å²) in [6, 6.07) is 14.3. The van der Waals surface area contributed by atoms with Crippen LogP contribution in [-0.2, 0) is 6.54 Å². The number of hydrogen-bond donors (Lipinski definition) is 2. The maximum atomic E-state index is 6.26. The van der Waals surface area contributed by atoms with Crippen molar-refractivity contribution in [3.05, 3.63) is 59.5 Å². The van der Waals surface area contributed by atoms with Crippen LogP contribution >= 0.6 is 0 Å². The van der Waals surface area contributed by atoms with Gasteiger partial charge in [-0.1, -0.05) is 37.3 Å². The van der Waals surface area contributed by atoms with Gasteiger partial charge in [-0.3, -0.25) is 0 Å². The number of aryl methyl sites for hydroxylation is 1. The number of benzene rings is 1. The van der Waals surface area contributed by atoms with Crippen molar-refractivity contribution in [2.45, 2.75) is 26.4 Å². The molecular weight excluding hydrogens is 236 g/mol. The molecule has 0 radical (unpaired) electrons. The van der Waals surface area contributed by atoms with E-state index >= 15 is 0 Å². The third-order valence-electron chi connectivity index (χ3n) is 3.36. The van der Waals surface area contributed by atoms with Crippen molar-refractivity contribution in [3.8, 4) is 0 Å². The Labute approximate surface area is 114 Å². The molecule has 3 N–H and O–H groups in total. The standard InChI is InChI=1S/C16H22N2O/c1-12(16(17)14-6-4-3-5-7-14)10-18-11-15-9-8-13(2)19-15/h3-9,12,16,18H,10-11,17H2,1-2H3. The highest BCUT2D eigenvalue weighted by Crippen LogP contribution is 2.18. The van der Waals surface area contributed by atoms with Gasteiger partial charge in [0.15, 0.2) is 0 Å². The Bertz CT molecular complexity index is 492. The zero-order valence-corrected chi connectivity index (χ0v) is 11.6. The molecule has 0 aliphatic carbocycles. The molecule has 0 spiro atoms. The number of rotatable bonds is 6. The second-order valence-electron chi connectivity index (χ2n) is 5.06. The van der Waals surface area contributed by atoms with E-state index in [1.54, 1.807) is 0 Å². The van der Waals surface area contributed by atoms with Crippen molar-refractivity contribution in [3.63, 3.8) is 0 Å². The van der Waals surface area contributed by atoms with E-state index in [9.17, 15) is 0 Å². The van der Waals surface area contributed by atoms with E-state index in [2.05, 4.69) is 24.4 Å². The Hall–Kier alpha value is -1.58. The van der Waals surface area contributed by atoms with Crippen molar-refractivity contribution >= 4 is 0 Å². The van der Waals surface area contributed by atoms with Crippen LogP contribution in [0.3, 0.4) is 0 Å². The molecule has 0 fully saturated rings. The first-order chi connectivity index (χ1) is 9.16. The third-order valence-corrected chi connectivity index (χ3v) is 3.36. The fourth-order valence-electron chi connectivity index (χ4n) is 2.13. The van der Waals surface area contributed by atoms with Crippen LogP contribution in [-0.4, -0.2) is 6.54 Å². The summed E-state index contributed by atoms with van der Waals surface area (Å²) >= 11 is 0. The van der Waals surface area contributed by atoms with Crippen molar-refractivity contribution in [1.82, 2.24) is 5.32 Å². The molecule has 1 aromatic carbocycles. The zero-order valence-electron chi connectivity index (χ0n) is 11.6. The van der Waals surface area contributed by atoms with E-state index in [1.165, 1.54) is 5.56 Å². The van der Waals surface area contributed by atoms with E-state index in [1.807, 2.05) is 37.3 Å². The van der Waals surface area contributed by atoms with Crippen LogP contribution in [0.2, 0.25) is 0 Å². The minimum atomic E-state index is 0.0621. The second kappa shape index (κ2) is 6.55. The molecule has 3 nitrogen and oxygen atoms in total. The minimum absolute atomic E-state index is 0.0621. The van der Waals surface area contributed by atoms with Gasteiger partial charge in [-0.15, -0.1) is 0 Å². The van der Waals surface area contributed by atoms with Gasteiger partial charge in [0.1, 0.15) is 11.5 Å². The Morgan fingerprint density at radius 1 is 1.16 bits per heavy atom. The molecule has 2 rings (SSSR count). The minimum Gasteiger partial charge on any atom is -0.465 e. The second-order valence-corrected chi connectivity index (χ2v) is 5.06. The molecule has 0 bridgehead atoms. The van der Waals surface area contributed by atoms with E-state index in [4.69, 9.17) is 10.2 Å². The lowest BCUT2D eigenvalue weighted by molar-refractivity contribution is 0.408. The van der Waals surface area contributed by atoms with Gasteiger partial charge in [0, 0.05) is 6.04 Å².